The van der Waals surface area contributed by atoms with Crippen molar-refractivity contribution in [2.45, 2.75) is 0 Å². The Morgan fingerprint density at radius 3 is 2.42 bits per heavy atom. The first kappa shape index (κ1) is 14.7. The fraction of sp³-hybridized carbons (Fsp3) is 0.0833. The predicted octanol–water partition coefficient (Wildman–Crippen LogP) is 4.92. The first-order valence-corrected chi connectivity index (χ1v) is 7.35. The molecule has 2 aromatic rings. The molecule has 0 aliphatic rings. The fourth-order valence-corrected chi connectivity index (χ4v) is 2.98. The molecule has 0 aliphatic carbocycles. The van der Waals surface area contributed by atoms with E-state index in [1.807, 2.05) is 0 Å². The molecule has 1 aromatic carbocycles. The highest BCUT2D eigenvalue weighted by Crippen LogP contribution is 2.40. The second kappa shape index (κ2) is 5.76. The molecule has 1 heterocycles. The molecule has 0 spiro atoms. The summed E-state index contributed by atoms with van der Waals surface area (Å²) in [4.78, 5) is 5.25. The van der Waals surface area contributed by atoms with E-state index in [1.165, 1.54) is 11.8 Å². The zero-order valence-electron chi connectivity index (χ0n) is 9.55. The molecule has 0 atom stereocenters. The molecule has 3 nitrogen and oxygen atoms in total. The average Bonchev–Trinajstić information content (AvgIpc) is 2.64. The first-order valence-electron chi connectivity index (χ1n) is 5.01. The monoisotopic (exact) mass is 422 g/mol. The van der Waals surface area contributed by atoms with Crippen molar-refractivity contribution in [3.8, 4) is 17.3 Å². The van der Waals surface area contributed by atoms with Gasteiger partial charge in [0.2, 0.25) is 0 Å². The number of benzene rings is 1. The van der Waals surface area contributed by atoms with Gasteiger partial charge in [-0.15, -0.1) is 0 Å². The van der Waals surface area contributed by atoms with Crippen LogP contribution in [0.5, 0.6) is 0 Å². The van der Waals surface area contributed by atoms with Crippen molar-refractivity contribution in [2.75, 3.05) is 7.11 Å². The standard InChI is InChI=1S/C12H6Br2Cl2N2O/c1-19-18-9(5-17)10(13)11(14)12(18)6-2-3-7(15)8(16)4-6/h2-4H,1H3. The van der Waals surface area contributed by atoms with Crippen molar-refractivity contribution in [1.82, 2.24) is 4.73 Å². The highest BCUT2D eigenvalue weighted by atomic mass is 79.9. The Morgan fingerprint density at radius 2 is 1.89 bits per heavy atom. The zero-order valence-corrected chi connectivity index (χ0v) is 14.2. The summed E-state index contributed by atoms with van der Waals surface area (Å²) in [5.74, 6) is 0. The van der Waals surface area contributed by atoms with Gasteiger partial charge in [-0.3, -0.25) is 0 Å². The van der Waals surface area contributed by atoms with Gasteiger partial charge >= 0.3 is 0 Å². The molecule has 0 saturated heterocycles. The van der Waals surface area contributed by atoms with Crippen molar-refractivity contribution < 1.29 is 4.84 Å². The Hall–Kier alpha value is -0.670. The maximum atomic E-state index is 9.16. The highest BCUT2D eigenvalue weighted by Gasteiger charge is 2.22. The van der Waals surface area contributed by atoms with Gasteiger partial charge in [0.15, 0.2) is 5.69 Å². The van der Waals surface area contributed by atoms with Crippen LogP contribution in [0, 0.1) is 11.3 Å². The van der Waals surface area contributed by atoms with Crippen LogP contribution in [0.4, 0.5) is 0 Å². The van der Waals surface area contributed by atoms with Crippen molar-refractivity contribution >= 4 is 55.1 Å². The van der Waals surface area contributed by atoms with E-state index in [9.17, 15) is 0 Å². The van der Waals surface area contributed by atoms with E-state index in [0.29, 0.717) is 30.4 Å². The molecular formula is C12H6Br2Cl2N2O. The molecule has 0 amide bonds. The van der Waals surface area contributed by atoms with Crippen molar-refractivity contribution in [1.29, 1.82) is 5.26 Å². The molecule has 2 rings (SSSR count). The van der Waals surface area contributed by atoms with Gasteiger partial charge in [-0.25, -0.2) is 0 Å². The van der Waals surface area contributed by atoms with Gasteiger partial charge in [0.25, 0.3) is 0 Å². The minimum absolute atomic E-state index is 0.357. The summed E-state index contributed by atoms with van der Waals surface area (Å²) in [6, 6.07) is 7.29. The summed E-state index contributed by atoms with van der Waals surface area (Å²) in [5.41, 5.74) is 1.82. The molecule has 0 aliphatic heterocycles. The van der Waals surface area contributed by atoms with Gasteiger partial charge in [0.1, 0.15) is 18.9 Å². The van der Waals surface area contributed by atoms with Crippen LogP contribution in [0.25, 0.3) is 11.3 Å². The van der Waals surface area contributed by atoms with Gasteiger partial charge in [0.05, 0.1) is 19.0 Å². The normalized spacial score (nSPS) is 10.3. The minimum Gasteiger partial charge on any atom is -0.416 e. The maximum Gasteiger partial charge on any atom is 0.172 e. The lowest BCUT2D eigenvalue weighted by Crippen LogP contribution is -2.09. The summed E-state index contributed by atoms with van der Waals surface area (Å²) in [6.45, 7) is 0. The number of hydrogen-bond donors (Lipinski definition) is 0. The van der Waals surface area contributed by atoms with Crippen LogP contribution in [0.1, 0.15) is 5.69 Å². The Kier molecular flexibility index (Phi) is 4.46. The molecule has 0 bridgehead atoms. The molecule has 19 heavy (non-hydrogen) atoms. The van der Waals surface area contributed by atoms with E-state index >= 15 is 0 Å². The van der Waals surface area contributed by atoms with Gasteiger partial charge in [-0.1, -0.05) is 29.3 Å². The van der Waals surface area contributed by atoms with Gasteiger partial charge < -0.3 is 4.84 Å². The molecular weight excluding hydrogens is 419 g/mol. The van der Waals surface area contributed by atoms with E-state index in [2.05, 4.69) is 37.9 Å². The number of halogens is 4. The van der Waals surface area contributed by atoms with E-state index in [1.54, 1.807) is 18.2 Å². The first-order chi connectivity index (χ1) is 9.01. The van der Waals surface area contributed by atoms with Crippen LogP contribution < -0.4 is 4.84 Å². The lowest BCUT2D eigenvalue weighted by molar-refractivity contribution is 0.169. The summed E-state index contributed by atoms with van der Waals surface area (Å²) in [6.07, 6.45) is 0. The average molecular weight is 425 g/mol. The highest BCUT2D eigenvalue weighted by molar-refractivity contribution is 9.13. The smallest absolute Gasteiger partial charge is 0.172 e. The third-order valence-electron chi connectivity index (χ3n) is 2.50. The Bertz CT molecular complexity index is 692. The Morgan fingerprint density at radius 1 is 1.21 bits per heavy atom. The maximum absolute atomic E-state index is 9.16. The molecule has 0 N–H and O–H groups in total. The summed E-state index contributed by atoms with van der Waals surface area (Å²) >= 11 is 18.7. The zero-order chi connectivity index (χ0) is 14.2. The van der Waals surface area contributed by atoms with E-state index < -0.39 is 0 Å². The third kappa shape index (κ3) is 2.50. The Balaban J connectivity index is 2.75. The van der Waals surface area contributed by atoms with Crippen molar-refractivity contribution in [3.63, 3.8) is 0 Å². The molecule has 7 heteroatoms. The van der Waals surface area contributed by atoms with E-state index in [-0.39, 0.29) is 0 Å². The fourth-order valence-electron chi connectivity index (χ4n) is 1.66. The molecule has 0 saturated carbocycles. The van der Waals surface area contributed by atoms with Gasteiger partial charge in [-0.05, 0) is 44.0 Å². The predicted molar refractivity (Wildman–Crippen MR) is 82.5 cm³/mol. The minimum atomic E-state index is 0.357. The van der Waals surface area contributed by atoms with Crippen LogP contribution in [-0.4, -0.2) is 11.8 Å². The van der Waals surface area contributed by atoms with E-state index in [4.69, 9.17) is 33.3 Å². The Labute approximate surface area is 136 Å². The van der Waals surface area contributed by atoms with Crippen LogP contribution in [0.3, 0.4) is 0 Å². The lowest BCUT2D eigenvalue weighted by atomic mass is 10.1. The van der Waals surface area contributed by atoms with Crippen LogP contribution >= 0.6 is 55.1 Å². The van der Waals surface area contributed by atoms with Crippen LogP contribution in [0.2, 0.25) is 10.0 Å². The second-order valence-electron chi connectivity index (χ2n) is 3.54. The quantitative estimate of drug-likeness (QED) is 0.686. The van der Waals surface area contributed by atoms with Gasteiger partial charge in [-0.2, -0.15) is 9.99 Å². The second-order valence-corrected chi connectivity index (χ2v) is 5.94. The van der Waals surface area contributed by atoms with Gasteiger partial charge in [0, 0.05) is 5.56 Å². The summed E-state index contributed by atoms with van der Waals surface area (Å²) in [5, 5.41) is 10.1. The molecule has 98 valence electrons. The molecule has 0 fully saturated rings. The third-order valence-corrected chi connectivity index (χ3v) is 5.31. The summed E-state index contributed by atoms with van der Waals surface area (Å²) in [7, 11) is 1.49. The van der Waals surface area contributed by atoms with Crippen LogP contribution in [0.15, 0.2) is 27.1 Å². The number of nitriles is 1. The van der Waals surface area contributed by atoms with Crippen molar-refractivity contribution in [2.24, 2.45) is 0 Å². The number of aromatic nitrogens is 1. The lowest BCUT2D eigenvalue weighted by Gasteiger charge is -2.09. The number of nitrogens with zero attached hydrogens (tertiary/aromatic N) is 2. The topological polar surface area (TPSA) is 38.0 Å². The SMILES string of the molecule is COn1c(C#N)c(Br)c(Br)c1-c1ccc(Cl)c(Cl)c1. The number of hydrogen-bond acceptors (Lipinski definition) is 2. The van der Waals surface area contributed by atoms with Crippen LogP contribution in [-0.2, 0) is 0 Å². The molecule has 0 unspecified atom stereocenters. The van der Waals surface area contributed by atoms with Crippen molar-refractivity contribution in [3.05, 3.63) is 42.9 Å². The molecule has 0 radical (unpaired) electrons. The largest absolute Gasteiger partial charge is 0.416 e. The summed E-state index contributed by atoms with van der Waals surface area (Å²) < 4.78 is 2.76. The number of rotatable bonds is 2. The molecule has 1 aromatic heterocycles. The van der Waals surface area contributed by atoms with E-state index in [0.717, 1.165) is 5.56 Å².